The third kappa shape index (κ3) is 5.63. The van der Waals surface area contributed by atoms with Crippen LogP contribution in [0.4, 0.5) is 11.4 Å². The summed E-state index contributed by atoms with van der Waals surface area (Å²) in [5.41, 5.74) is 2.69. The molecule has 0 aliphatic heterocycles. The SMILES string of the molecule is CC(=O)Nc1cccc(-n2c(SCC(=O)Nc3ccc(C(=O)N(C)C)cc3)nnc2C2CC2)c1. The number of amides is 3. The molecule has 2 aromatic carbocycles. The van der Waals surface area contributed by atoms with E-state index in [2.05, 4.69) is 20.8 Å². The molecule has 3 aromatic rings. The number of anilines is 2. The van der Waals surface area contributed by atoms with Gasteiger partial charge in [0.05, 0.1) is 11.4 Å². The highest BCUT2D eigenvalue weighted by molar-refractivity contribution is 7.99. The van der Waals surface area contributed by atoms with E-state index in [1.54, 1.807) is 38.4 Å². The predicted octanol–water partition coefficient (Wildman–Crippen LogP) is 3.54. The van der Waals surface area contributed by atoms with Crippen LogP contribution < -0.4 is 10.6 Å². The maximum absolute atomic E-state index is 12.6. The lowest BCUT2D eigenvalue weighted by molar-refractivity contribution is -0.114. The molecule has 1 heterocycles. The molecule has 0 spiro atoms. The fourth-order valence-corrected chi connectivity index (χ4v) is 4.19. The Bertz CT molecular complexity index is 1220. The number of hydrogen-bond donors (Lipinski definition) is 2. The van der Waals surface area contributed by atoms with Crippen LogP contribution in [0.5, 0.6) is 0 Å². The molecule has 0 unspecified atom stereocenters. The van der Waals surface area contributed by atoms with E-state index in [-0.39, 0.29) is 23.5 Å². The largest absolute Gasteiger partial charge is 0.345 e. The van der Waals surface area contributed by atoms with Crippen molar-refractivity contribution in [1.82, 2.24) is 19.7 Å². The highest BCUT2D eigenvalue weighted by atomic mass is 32.2. The van der Waals surface area contributed by atoms with Gasteiger partial charge in [0.15, 0.2) is 5.16 Å². The molecule has 34 heavy (non-hydrogen) atoms. The first kappa shape index (κ1) is 23.5. The summed E-state index contributed by atoms with van der Waals surface area (Å²) >= 11 is 1.30. The molecule has 9 nitrogen and oxygen atoms in total. The minimum Gasteiger partial charge on any atom is -0.345 e. The number of aromatic nitrogens is 3. The molecule has 3 amide bonds. The lowest BCUT2D eigenvalue weighted by atomic mass is 10.2. The third-order valence-electron chi connectivity index (χ3n) is 5.18. The van der Waals surface area contributed by atoms with Crippen LogP contribution in [0.3, 0.4) is 0 Å². The summed E-state index contributed by atoms with van der Waals surface area (Å²) in [6.07, 6.45) is 2.11. The Hall–Kier alpha value is -3.66. The van der Waals surface area contributed by atoms with Crippen molar-refractivity contribution >= 4 is 40.9 Å². The van der Waals surface area contributed by atoms with Crippen LogP contribution in [0.1, 0.15) is 41.9 Å². The minimum absolute atomic E-state index is 0.0955. The second-order valence-corrected chi connectivity index (χ2v) is 9.24. The summed E-state index contributed by atoms with van der Waals surface area (Å²) in [5, 5.41) is 15.0. The number of rotatable bonds is 8. The molecule has 1 fully saturated rings. The topological polar surface area (TPSA) is 109 Å². The average Bonchev–Trinajstić information content (AvgIpc) is 3.56. The van der Waals surface area contributed by atoms with Gasteiger partial charge >= 0.3 is 0 Å². The lowest BCUT2D eigenvalue weighted by Crippen LogP contribution is -2.21. The van der Waals surface area contributed by atoms with Crippen LogP contribution in [0.15, 0.2) is 53.7 Å². The molecule has 0 saturated heterocycles. The summed E-state index contributed by atoms with van der Waals surface area (Å²) in [7, 11) is 3.39. The van der Waals surface area contributed by atoms with Crippen molar-refractivity contribution in [2.24, 2.45) is 0 Å². The normalized spacial score (nSPS) is 12.8. The molecule has 1 saturated carbocycles. The highest BCUT2D eigenvalue weighted by Gasteiger charge is 2.31. The zero-order valence-corrected chi connectivity index (χ0v) is 20.1. The van der Waals surface area contributed by atoms with E-state index in [1.165, 1.54) is 23.6 Å². The average molecular weight is 479 g/mol. The monoisotopic (exact) mass is 478 g/mol. The van der Waals surface area contributed by atoms with Crippen molar-refractivity contribution < 1.29 is 14.4 Å². The summed E-state index contributed by atoms with van der Waals surface area (Å²) in [5.74, 6) is 0.932. The van der Waals surface area contributed by atoms with Crippen molar-refractivity contribution in [2.45, 2.75) is 30.8 Å². The van der Waals surface area contributed by atoms with Crippen LogP contribution in [-0.2, 0) is 9.59 Å². The first-order valence-corrected chi connectivity index (χ1v) is 11.9. The van der Waals surface area contributed by atoms with Gasteiger partial charge in [0.1, 0.15) is 5.82 Å². The summed E-state index contributed by atoms with van der Waals surface area (Å²) < 4.78 is 1.96. The van der Waals surface area contributed by atoms with Gasteiger partial charge in [-0.3, -0.25) is 19.0 Å². The smallest absolute Gasteiger partial charge is 0.253 e. The number of nitrogens with zero attached hydrogens (tertiary/aromatic N) is 4. The maximum Gasteiger partial charge on any atom is 0.253 e. The second-order valence-electron chi connectivity index (χ2n) is 8.30. The summed E-state index contributed by atoms with van der Waals surface area (Å²) in [4.78, 5) is 37.6. The van der Waals surface area contributed by atoms with E-state index >= 15 is 0 Å². The van der Waals surface area contributed by atoms with Crippen LogP contribution in [0, 0.1) is 0 Å². The van der Waals surface area contributed by atoms with Crippen LogP contribution in [0.25, 0.3) is 5.69 Å². The Morgan fingerprint density at radius 3 is 2.41 bits per heavy atom. The molecule has 1 aliphatic carbocycles. The van der Waals surface area contributed by atoms with E-state index in [9.17, 15) is 14.4 Å². The van der Waals surface area contributed by atoms with Gasteiger partial charge in [0.25, 0.3) is 5.91 Å². The van der Waals surface area contributed by atoms with Gasteiger partial charge in [-0.1, -0.05) is 17.8 Å². The van der Waals surface area contributed by atoms with Crippen molar-refractivity contribution in [3.8, 4) is 5.69 Å². The molecule has 176 valence electrons. The van der Waals surface area contributed by atoms with Gasteiger partial charge < -0.3 is 15.5 Å². The van der Waals surface area contributed by atoms with E-state index < -0.39 is 0 Å². The quantitative estimate of drug-likeness (QED) is 0.480. The van der Waals surface area contributed by atoms with Gasteiger partial charge in [-0.2, -0.15) is 0 Å². The summed E-state index contributed by atoms with van der Waals surface area (Å²) in [6, 6.07) is 14.3. The number of carbonyl (C=O) groups is 3. The first-order valence-electron chi connectivity index (χ1n) is 10.9. The molecule has 1 aliphatic rings. The van der Waals surface area contributed by atoms with Crippen LogP contribution >= 0.6 is 11.8 Å². The van der Waals surface area contributed by atoms with Crippen molar-refractivity contribution in [3.05, 3.63) is 59.9 Å². The number of thioether (sulfide) groups is 1. The molecule has 0 bridgehead atoms. The van der Waals surface area contributed by atoms with Gasteiger partial charge in [0.2, 0.25) is 11.8 Å². The van der Waals surface area contributed by atoms with Gasteiger partial charge in [0, 0.05) is 43.9 Å². The Kier molecular flexibility index (Phi) is 6.97. The van der Waals surface area contributed by atoms with E-state index in [0.29, 0.717) is 28.0 Å². The van der Waals surface area contributed by atoms with E-state index in [4.69, 9.17) is 0 Å². The molecule has 0 atom stereocenters. The van der Waals surface area contributed by atoms with Crippen molar-refractivity contribution in [3.63, 3.8) is 0 Å². The van der Waals surface area contributed by atoms with Crippen LogP contribution in [0.2, 0.25) is 0 Å². The van der Waals surface area contributed by atoms with Crippen LogP contribution in [-0.4, -0.2) is 57.2 Å². The number of carbonyl (C=O) groups excluding carboxylic acids is 3. The molecule has 1 aromatic heterocycles. The van der Waals surface area contributed by atoms with Gasteiger partial charge in [-0.15, -0.1) is 10.2 Å². The van der Waals surface area contributed by atoms with Gasteiger partial charge in [-0.25, -0.2) is 0 Å². The molecule has 2 N–H and O–H groups in total. The fourth-order valence-electron chi connectivity index (χ4n) is 3.43. The van der Waals surface area contributed by atoms with E-state index in [0.717, 1.165) is 24.4 Å². The molecule has 4 rings (SSSR count). The minimum atomic E-state index is -0.189. The molecule has 10 heteroatoms. The number of benzene rings is 2. The fraction of sp³-hybridized carbons (Fsp3) is 0.292. The standard InChI is InChI=1S/C24H26N6O3S/c1-15(31)25-19-5-4-6-20(13-19)30-22(16-7-8-16)27-28-24(30)34-14-21(32)26-18-11-9-17(10-12-18)23(33)29(2)3/h4-6,9-13,16H,7-8,14H2,1-3H3,(H,25,31)(H,26,32). The maximum atomic E-state index is 12.6. The molecular formula is C24H26N6O3S. The molecule has 0 radical (unpaired) electrons. The summed E-state index contributed by atoms with van der Waals surface area (Å²) in [6.45, 7) is 1.47. The Morgan fingerprint density at radius 2 is 1.76 bits per heavy atom. The Labute approximate surface area is 201 Å². The zero-order chi connectivity index (χ0) is 24.2. The zero-order valence-electron chi connectivity index (χ0n) is 19.2. The number of nitrogens with one attached hydrogen (secondary N) is 2. The second kappa shape index (κ2) is 10.1. The number of hydrogen-bond acceptors (Lipinski definition) is 6. The predicted molar refractivity (Wildman–Crippen MR) is 131 cm³/mol. The third-order valence-corrected chi connectivity index (χ3v) is 6.11. The van der Waals surface area contributed by atoms with Crippen molar-refractivity contribution in [1.29, 1.82) is 0 Å². The van der Waals surface area contributed by atoms with E-state index in [1.807, 2.05) is 28.8 Å². The Morgan fingerprint density at radius 1 is 1.03 bits per heavy atom. The van der Waals surface area contributed by atoms with Gasteiger partial charge in [-0.05, 0) is 55.3 Å². The van der Waals surface area contributed by atoms with Crippen molar-refractivity contribution in [2.75, 3.05) is 30.5 Å². The first-order chi connectivity index (χ1) is 16.3. The Balaban J connectivity index is 1.46. The lowest BCUT2D eigenvalue weighted by Gasteiger charge is -2.12. The molecular weight excluding hydrogens is 452 g/mol. The highest BCUT2D eigenvalue weighted by Crippen LogP contribution is 2.41.